The van der Waals surface area contributed by atoms with E-state index >= 15 is 0 Å². The van der Waals surface area contributed by atoms with Crippen LogP contribution in [0.3, 0.4) is 0 Å². The molecule has 0 aromatic rings. The number of piperidine rings is 1. The van der Waals surface area contributed by atoms with Crippen LogP contribution in [0.5, 0.6) is 0 Å². The second kappa shape index (κ2) is 6.50. The van der Waals surface area contributed by atoms with Gasteiger partial charge >= 0.3 is 0 Å². The van der Waals surface area contributed by atoms with Crippen molar-refractivity contribution >= 4 is 16.9 Å². The van der Waals surface area contributed by atoms with Crippen molar-refractivity contribution in [3.05, 3.63) is 0 Å². The number of nitrogens with zero attached hydrogens (tertiary/aromatic N) is 2. The quantitative estimate of drug-likeness (QED) is 0.762. The Morgan fingerprint density at radius 2 is 2.44 bits per heavy atom. The summed E-state index contributed by atoms with van der Waals surface area (Å²) in [4.78, 5) is 7.02. The fourth-order valence-electron chi connectivity index (χ4n) is 2.41. The van der Waals surface area contributed by atoms with Gasteiger partial charge in [0.25, 0.3) is 0 Å². The van der Waals surface area contributed by atoms with Gasteiger partial charge in [-0.15, -0.1) is 0 Å². The zero-order chi connectivity index (χ0) is 11.2. The molecule has 1 N–H and O–H groups in total. The lowest BCUT2D eigenvalue weighted by molar-refractivity contribution is 0.159. The minimum absolute atomic E-state index is 0.798. The number of rotatable bonds is 4. The first-order valence-electron chi connectivity index (χ1n) is 6.51. The summed E-state index contributed by atoms with van der Waals surface area (Å²) in [7, 11) is 0. The Bertz CT molecular complexity index is 242. The highest BCUT2D eigenvalue weighted by atomic mass is 32.2. The maximum absolute atomic E-state index is 4.39. The van der Waals surface area contributed by atoms with Crippen molar-refractivity contribution in [3.8, 4) is 0 Å². The monoisotopic (exact) mass is 241 g/mol. The summed E-state index contributed by atoms with van der Waals surface area (Å²) < 4.78 is 0. The molecule has 1 saturated heterocycles. The predicted molar refractivity (Wildman–Crippen MR) is 72.3 cm³/mol. The predicted octanol–water partition coefficient (Wildman–Crippen LogP) is 1.94. The summed E-state index contributed by atoms with van der Waals surface area (Å²) in [5.74, 6) is 1.16. The van der Waals surface area contributed by atoms with Gasteiger partial charge in [0, 0.05) is 24.9 Å². The van der Waals surface area contributed by atoms with E-state index in [0.29, 0.717) is 0 Å². The van der Waals surface area contributed by atoms with Gasteiger partial charge in [-0.05, 0) is 32.7 Å². The van der Waals surface area contributed by atoms with Crippen molar-refractivity contribution in [1.82, 2.24) is 10.2 Å². The number of likely N-dealkylation sites (tertiary alicyclic amines) is 1. The Labute approximate surface area is 103 Å². The Morgan fingerprint density at radius 1 is 1.50 bits per heavy atom. The number of nitrogens with one attached hydrogen (secondary N) is 1. The Balaban J connectivity index is 1.56. The van der Waals surface area contributed by atoms with Crippen LogP contribution in [0.15, 0.2) is 4.99 Å². The van der Waals surface area contributed by atoms with Crippen LogP contribution in [0.1, 0.15) is 32.6 Å². The van der Waals surface area contributed by atoms with Gasteiger partial charge in [0.05, 0.1) is 6.54 Å². The minimum Gasteiger partial charge on any atom is -0.365 e. The number of hydrogen-bond acceptors (Lipinski definition) is 4. The Morgan fingerprint density at radius 3 is 3.19 bits per heavy atom. The molecular formula is C12H23N3S. The molecule has 2 rings (SSSR count). The maximum Gasteiger partial charge on any atom is 0.156 e. The van der Waals surface area contributed by atoms with Crippen molar-refractivity contribution in [2.75, 3.05) is 31.9 Å². The molecule has 2 aliphatic rings. The second-order valence-electron chi connectivity index (χ2n) is 4.70. The zero-order valence-electron chi connectivity index (χ0n) is 10.2. The van der Waals surface area contributed by atoms with Crippen LogP contribution < -0.4 is 5.32 Å². The van der Waals surface area contributed by atoms with Crippen molar-refractivity contribution in [2.45, 2.75) is 38.6 Å². The van der Waals surface area contributed by atoms with Gasteiger partial charge < -0.3 is 10.2 Å². The van der Waals surface area contributed by atoms with Gasteiger partial charge in [0.2, 0.25) is 0 Å². The lowest BCUT2D eigenvalue weighted by Gasteiger charge is -2.33. The van der Waals surface area contributed by atoms with E-state index in [4.69, 9.17) is 0 Å². The summed E-state index contributed by atoms with van der Waals surface area (Å²) in [6.45, 7) is 6.98. The molecule has 92 valence electrons. The third-order valence-electron chi connectivity index (χ3n) is 3.42. The van der Waals surface area contributed by atoms with E-state index in [2.05, 4.69) is 22.1 Å². The summed E-state index contributed by atoms with van der Waals surface area (Å²) in [5.41, 5.74) is 0. The largest absolute Gasteiger partial charge is 0.365 e. The van der Waals surface area contributed by atoms with Gasteiger partial charge in [-0.3, -0.25) is 4.99 Å². The molecule has 2 aliphatic heterocycles. The first kappa shape index (κ1) is 12.2. The second-order valence-corrected chi connectivity index (χ2v) is 5.78. The third-order valence-corrected chi connectivity index (χ3v) is 4.36. The molecule has 0 aromatic heterocycles. The molecule has 0 aromatic carbocycles. The van der Waals surface area contributed by atoms with Gasteiger partial charge in [-0.2, -0.15) is 0 Å². The molecule has 1 unspecified atom stereocenters. The molecule has 3 nitrogen and oxygen atoms in total. The van der Waals surface area contributed by atoms with Crippen molar-refractivity contribution in [1.29, 1.82) is 0 Å². The molecule has 0 amide bonds. The molecule has 0 bridgehead atoms. The number of amidine groups is 1. The molecule has 1 fully saturated rings. The molecule has 1 atom stereocenters. The SMILES string of the molecule is CC1CCCCN1CCCNC1=NCCS1. The van der Waals surface area contributed by atoms with E-state index in [-0.39, 0.29) is 0 Å². The fourth-order valence-corrected chi connectivity index (χ4v) is 3.17. The van der Waals surface area contributed by atoms with E-state index in [1.807, 2.05) is 11.8 Å². The molecule has 0 saturated carbocycles. The van der Waals surface area contributed by atoms with Crippen LogP contribution in [-0.2, 0) is 0 Å². The van der Waals surface area contributed by atoms with E-state index in [0.717, 1.165) is 30.1 Å². The highest BCUT2D eigenvalue weighted by molar-refractivity contribution is 8.14. The molecular weight excluding hydrogens is 218 g/mol. The van der Waals surface area contributed by atoms with Gasteiger partial charge in [-0.1, -0.05) is 18.2 Å². The van der Waals surface area contributed by atoms with Gasteiger partial charge in [0.1, 0.15) is 0 Å². The average Bonchev–Trinajstić information content (AvgIpc) is 2.79. The van der Waals surface area contributed by atoms with E-state index in [1.54, 1.807) is 0 Å². The first-order valence-corrected chi connectivity index (χ1v) is 7.50. The summed E-state index contributed by atoms with van der Waals surface area (Å²) in [6.07, 6.45) is 5.43. The maximum atomic E-state index is 4.39. The van der Waals surface area contributed by atoms with Crippen LogP contribution >= 0.6 is 11.8 Å². The summed E-state index contributed by atoms with van der Waals surface area (Å²) >= 11 is 1.85. The number of aliphatic imine (C=N–C) groups is 1. The third kappa shape index (κ3) is 3.67. The summed E-state index contributed by atoms with van der Waals surface area (Å²) in [5, 5.41) is 4.58. The molecule has 2 heterocycles. The van der Waals surface area contributed by atoms with Gasteiger partial charge in [0.15, 0.2) is 5.17 Å². The van der Waals surface area contributed by atoms with Crippen LogP contribution in [0, 0.1) is 0 Å². The normalized spacial score (nSPS) is 26.8. The number of thioether (sulfide) groups is 1. The molecule has 0 radical (unpaired) electrons. The Kier molecular flexibility index (Phi) is 4.97. The fraction of sp³-hybridized carbons (Fsp3) is 0.917. The number of hydrogen-bond donors (Lipinski definition) is 1. The molecule has 0 aliphatic carbocycles. The lowest BCUT2D eigenvalue weighted by Crippen LogP contribution is -2.39. The zero-order valence-corrected chi connectivity index (χ0v) is 11.1. The highest BCUT2D eigenvalue weighted by Crippen LogP contribution is 2.16. The van der Waals surface area contributed by atoms with Crippen LogP contribution in [0.4, 0.5) is 0 Å². The van der Waals surface area contributed by atoms with Crippen LogP contribution in [0.25, 0.3) is 0 Å². The topological polar surface area (TPSA) is 27.6 Å². The van der Waals surface area contributed by atoms with Crippen molar-refractivity contribution in [3.63, 3.8) is 0 Å². The Hall–Kier alpha value is -0.220. The standard InChI is InChI=1S/C12H23N3S/c1-11-5-2-3-8-15(11)9-4-6-13-12-14-7-10-16-12/h11H,2-10H2,1H3,(H,13,14). The van der Waals surface area contributed by atoms with Crippen LogP contribution in [-0.4, -0.2) is 48.0 Å². The van der Waals surface area contributed by atoms with Crippen LogP contribution in [0.2, 0.25) is 0 Å². The van der Waals surface area contributed by atoms with E-state index in [9.17, 15) is 0 Å². The van der Waals surface area contributed by atoms with E-state index in [1.165, 1.54) is 38.8 Å². The van der Waals surface area contributed by atoms with Crippen molar-refractivity contribution < 1.29 is 0 Å². The summed E-state index contributed by atoms with van der Waals surface area (Å²) in [6, 6.07) is 0.798. The lowest BCUT2D eigenvalue weighted by atomic mass is 10.0. The van der Waals surface area contributed by atoms with E-state index < -0.39 is 0 Å². The average molecular weight is 241 g/mol. The molecule has 4 heteroatoms. The smallest absolute Gasteiger partial charge is 0.156 e. The van der Waals surface area contributed by atoms with Gasteiger partial charge in [-0.25, -0.2) is 0 Å². The van der Waals surface area contributed by atoms with Crippen molar-refractivity contribution in [2.24, 2.45) is 4.99 Å². The molecule has 0 spiro atoms. The minimum atomic E-state index is 0.798. The molecule has 16 heavy (non-hydrogen) atoms. The first-order chi connectivity index (χ1) is 7.86. The highest BCUT2D eigenvalue weighted by Gasteiger charge is 2.17.